The SMILES string of the molecule is Cc1ccc(C)c(C(=O)NC2CCCCC2N)c1. The Morgan fingerprint density at radius 2 is 2.00 bits per heavy atom. The molecule has 98 valence electrons. The highest BCUT2D eigenvalue weighted by Crippen LogP contribution is 2.18. The number of rotatable bonds is 2. The van der Waals surface area contributed by atoms with E-state index in [-0.39, 0.29) is 18.0 Å². The minimum absolute atomic E-state index is 0.0125. The molecular formula is C15H22N2O. The van der Waals surface area contributed by atoms with Gasteiger partial charge in [-0.2, -0.15) is 0 Å². The van der Waals surface area contributed by atoms with Gasteiger partial charge in [0.1, 0.15) is 0 Å². The molecule has 0 heterocycles. The van der Waals surface area contributed by atoms with Crippen LogP contribution in [0.1, 0.15) is 47.2 Å². The molecular weight excluding hydrogens is 224 g/mol. The summed E-state index contributed by atoms with van der Waals surface area (Å²) < 4.78 is 0. The lowest BCUT2D eigenvalue weighted by atomic mass is 9.90. The quantitative estimate of drug-likeness (QED) is 0.841. The second kappa shape index (κ2) is 5.53. The standard InChI is InChI=1S/C15H22N2O/c1-10-7-8-11(2)12(9-10)15(18)17-14-6-4-3-5-13(14)16/h7-9,13-14H,3-6,16H2,1-2H3,(H,17,18). The van der Waals surface area contributed by atoms with Crippen LogP contribution in [0.2, 0.25) is 0 Å². The van der Waals surface area contributed by atoms with E-state index in [1.165, 1.54) is 6.42 Å². The van der Waals surface area contributed by atoms with Crippen LogP contribution < -0.4 is 11.1 Å². The first-order chi connectivity index (χ1) is 8.58. The third-order valence-corrected chi connectivity index (χ3v) is 3.77. The molecule has 1 aliphatic rings. The van der Waals surface area contributed by atoms with Crippen LogP contribution in [0.25, 0.3) is 0 Å². The van der Waals surface area contributed by atoms with Gasteiger partial charge in [-0.05, 0) is 38.3 Å². The third-order valence-electron chi connectivity index (χ3n) is 3.77. The van der Waals surface area contributed by atoms with Crippen molar-refractivity contribution >= 4 is 5.91 Å². The monoisotopic (exact) mass is 246 g/mol. The average molecular weight is 246 g/mol. The first kappa shape index (κ1) is 13.1. The Morgan fingerprint density at radius 3 is 2.72 bits per heavy atom. The highest BCUT2D eigenvalue weighted by molar-refractivity contribution is 5.96. The molecule has 18 heavy (non-hydrogen) atoms. The van der Waals surface area contributed by atoms with Gasteiger partial charge in [0.2, 0.25) is 0 Å². The van der Waals surface area contributed by atoms with Gasteiger partial charge in [0, 0.05) is 17.6 Å². The van der Waals surface area contributed by atoms with Crippen molar-refractivity contribution in [2.45, 2.75) is 51.6 Å². The zero-order chi connectivity index (χ0) is 13.1. The van der Waals surface area contributed by atoms with Crippen molar-refractivity contribution < 1.29 is 4.79 Å². The van der Waals surface area contributed by atoms with Crippen LogP contribution in [0.15, 0.2) is 18.2 Å². The Balaban J connectivity index is 2.09. The van der Waals surface area contributed by atoms with Crippen molar-refractivity contribution in [3.05, 3.63) is 34.9 Å². The number of aryl methyl sites for hydroxylation is 2. The molecule has 2 rings (SSSR count). The van der Waals surface area contributed by atoms with Gasteiger partial charge < -0.3 is 11.1 Å². The molecule has 3 N–H and O–H groups in total. The van der Waals surface area contributed by atoms with Crippen LogP contribution >= 0.6 is 0 Å². The topological polar surface area (TPSA) is 55.1 Å². The molecule has 1 aromatic rings. The average Bonchev–Trinajstić information content (AvgIpc) is 2.35. The molecule has 0 radical (unpaired) electrons. The van der Waals surface area contributed by atoms with E-state index in [9.17, 15) is 4.79 Å². The van der Waals surface area contributed by atoms with Crippen LogP contribution in [0.4, 0.5) is 0 Å². The summed E-state index contributed by atoms with van der Waals surface area (Å²) >= 11 is 0. The van der Waals surface area contributed by atoms with E-state index in [4.69, 9.17) is 5.73 Å². The number of benzene rings is 1. The fourth-order valence-electron chi connectivity index (χ4n) is 2.57. The Hall–Kier alpha value is -1.35. The molecule has 0 aliphatic heterocycles. The first-order valence-corrected chi connectivity index (χ1v) is 6.71. The second-order valence-corrected chi connectivity index (χ2v) is 5.35. The molecule has 3 nitrogen and oxygen atoms in total. The lowest BCUT2D eigenvalue weighted by Gasteiger charge is -2.29. The number of amides is 1. The summed E-state index contributed by atoms with van der Waals surface area (Å²) in [4.78, 5) is 12.3. The summed E-state index contributed by atoms with van der Waals surface area (Å²) in [6.07, 6.45) is 4.35. The Bertz CT molecular complexity index is 442. The number of nitrogens with one attached hydrogen (secondary N) is 1. The van der Waals surface area contributed by atoms with E-state index in [2.05, 4.69) is 5.32 Å². The van der Waals surface area contributed by atoms with Crippen LogP contribution in [0, 0.1) is 13.8 Å². The predicted octanol–water partition coefficient (Wildman–Crippen LogP) is 2.30. The number of carbonyl (C=O) groups is 1. The molecule has 3 heteroatoms. The molecule has 0 bridgehead atoms. The first-order valence-electron chi connectivity index (χ1n) is 6.71. The summed E-state index contributed by atoms with van der Waals surface area (Å²) in [5.74, 6) is 0.0125. The van der Waals surface area contributed by atoms with Gasteiger partial charge in [-0.15, -0.1) is 0 Å². The maximum atomic E-state index is 12.3. The molecule has 0 spiro atoms. The van der Waals surface area contributed by atoms with Crippen LogP contribution in [-0.2, 0) is 0 Å². The van der Waals surface area contributed by atoms with Crippen LogP contribution in [0.5, 0.6) is 0 Å². The van der Waals surface area contributed by atoms with Crippen molar-refractivity contribution in [2.24, 2.45) is 5.73 Å². The molecule has 0 aromatic heterocycles. The summed E-state index contributed by atoms with van der Waals surface area (Å²) in [5, 5.41) is 3.09. The molecule has 1 amide bonds. The summed E-state index contributed by atoms with van der Waals surface area (Å²) in [6, 6.07) is 6.20. The molecule has 1 aliphatic carbocycles. The second-order valence-electron chi connectivity index (χ2n) is 5.35. The number of nitrogens with two attached hydrogens (primary N) is 1. The number of carbonyl (C=O) groups excluding carboxylic acids is 1. The maximum Gasteiger partial charge on any atom is 0.251 e. The number of hydrogen-bond donors (Lipinski definition) is 2. The van der Waals surface area contributed by atoms with Gasteiger partial charge in [0.15, 0.2) is 0 Å². The predicted molar refractivity (Wildman–Crippen MR) is 73.6 cm³/mol. The molecule has 1 saturated carbocycles. The Labute approximate surface area is 109 Å². The lowest BCUT2D eigenvalue weighted by Crippen LogP contribution is -2.49. The van der Waals surface area contributed by atoms with E-state index < -0.39 is 0 Å². The highest BCUT2D eigenvalue weighted by Gasteiger charge is 2.24. The van der Waals surface area contributed by atoms with Gasteiger partial charge in [-0.3, -0.25) is 4.79 Å². The zero-order valence-electron chi connectivity index (χ0n) is 11.2. The van der Waals surface area contributed by atoms with E-state index in [1.54, 1.807) is 0 Å². The molecule has 1 aromatic carbocycles. The molecule has 2 atom stereocenters. The summed E-state index contributed by atoms with van der Waals surface area (Å²) in [7, 11) is 0. The zero-order valence-corrected chi connectivity index (χ0v) is 11.2. The fourth-order valence-corrected chi connectivity index (χ4v) is 2.57. The van der Waals surface area contributed by atoms with Gasteiger partial charge in [0.25, 0.3) is 5.91 Å². The largest absolute Gasteiger partial charge is 0.348 e. The van der Waals surface area contributed by atoms with Crippen LogP contribution in [0.3, 0.4) is 0 Å². The van der Waals surface area contributed by atoms with E-state index in [1.807, 2.05) is 32.0 Å². The van der Waals surface area contributed by atoms with Crippen molar-refractivity contribution in [2.75, 3.05) is 0 Å². The van der Waals surface area contributed by atoms with Gasteiger partial charge in [-0.1, -0.05) is 30.5 Å². The van der Waals surface area contributed by atoms with Crippen molar-refractivity contribution in [3.63, 3.8) is 0 Å². The van der Waals surface area contributed by atoms with Crippen molar-refractivity contribution in [1.29, 1.82) is 0 Å². The lowest BCUT2D eigenvalue weighted by molar-refractivity contribution is 0.0920. The van der Waals surface area contributed by atoms with Gasteiger partial charge in [-0.25, -0.2) is 0 Å². The normalized spacial score (nSPS) is 23.7. The van der Waals surface area contributed by atoms with E-state index in [0.29, 0.717) is 0 Å². The van der Waals surface area contributed by atoms with Crippen molar-refractivity contribution in [1.82, 2.24) is 5.32 Å². The maximum absolute atomic E-state index is 12.3. The molecule has 0 saturated heterocycles. The van der Waals surface area contributed by atoms with Crippen LogP contribution in [-0.4, -0.2) is 18.0 Å². The third kappa shape index (κ3) is 2.91. The Morgan fingerprint density at radius 1 is 1.28 bits per heavy atom. The minimum atomic E-state index is 0.0125. The van der Waals surface area contributed by atoms with Gasteiger partial charge >= 0.3 is 0 Å². The smallest absolute Gasteiger partial charge is 0.251 e. The van der Waals surface area contributed by atoms with Gasteiger partial charge in [0.05, 0.1) is 0 Å². The number of hydrogen-bond acceptors (Lipinski definition) is 2. The molecule has 1 fully saturated rings. The minimum Gasteiger partial charge on any atom is -0.348 e. The van der Waals surface area contributed by atoms with E-state index >= 15 is 0 Å². The molecule has 2 unspecified atom stereocenters. The fraction of sp³-hybridized carbons (Fsp3) is 0.533. The highest BCUT2D eigenvalue weighted by atomic mass is 16.1. The van der Waals surface area contributed by atoms with Crippen molar-refractivity contribution in [3.8, 4) is 0 Å². The van der Waals surface area contributed by atoms with E-state index in [0.717, 1.165) is 36.0 Å². The summed E-state index contributed by atoms with van der Waals surface area (Å²) in [6.45, 7) is 3.97. The summed E-state index contributed by atoms with van der Waals surface area (Å²) in [5.41, 5.74) is 8.96. The Kier molecular flexibility index (Phi) is 4.02.